The molecule has 2 aromatic carbocycles. The summed E-state index contributed by atoms with van der Waals surface area (Å²) in [5.41, 5.74) is 7.82. The fraction of sp³-hybridized carbons (Fsp3) is 0.278. The molecule has 3 rings (SSSR count). The normalized spacial score (nSPS) is 11.2. The summed E-state index contributed by atoms with van der Waals surface area (Å²) >= 11 is 0. The molecule has 1 aromatic heterocycles. The first kappa shape index (κ1) is 12.9. The molecule has 2 nitrogen and oxygen atoms in total. The minimum atomic E-state index is 1.25. The molecule has 0 unspecified atom stereocenters. The third-order valence-corrected chi connectivity index (χ3v) is 4.15. The summed E-state index contributed by atoms with van der Waals surface area (Å²) in [6.45, 7) is 8.73. The van der Waals surface area contributed by atoms with Crippen molar-refractivity contribution in [3.05, 3.63) is 58.9 Å². The van der Waals surface area contributed by atoms with Crippen LogP contribution < -0.4 is 4.57 Å². The van der Waals surface area contributed by atoms with Gasteiger partial charge in [-0.25, -0.2) is 4.57 Å². The summed E-state index contributed by atoms with van der Waals surface area (Å²) in [5, 5.41) is 0. The summed E-state index contributed by atoms with van der Waals surface area (Å²) < 4.78 is 4.63. The zero-order chi connectivity index (χ0) is 14.4. The van der Waals surface area contributed by atoms with Crippen LogP contribution in [0.15, 0.2) is 36.4 Å². The van der Waals surface area contributed by atoms with Crippen LogP contribution >= 0.6 is 0 Å². The third-order valence-electron chi connectivity index (χ3n) is 4.15. The van der Waals surface area contributed by atoms with Gasteiger partial charge in [-0.3, -0.25) is 0 Å². The molecule has 0 atom stereocenters. The van der Waals surface area contributed by atoms with Crippen LogP contribution in [0.25, 0.3) is 16.7 Å². The number of imidazole rings is 1. The van der Waals surface area contributed by atoms with Crippen molar-refractivity contribution in [3.8, 4) is 5.69 Å². The highest BCUT2D eigenvalue weighted by Gasteiger charge is 2.23. The van der Waals surface area contributed by atoms with E-state index in [0.717, 1.165) is 0 Å². The Morgan fingerprint density at radius 2 is 1.50 bits per heavy atom. The van der Waals surface area contributed by atoms with E-state index in [0.29, 0.717) is 0 Å². The third kappa shape index (κ3) is 1.75. The number of rotatable bonds is 1. The monoisotopic (exact) mass is 265 g/mol. The van der Waals surface area contributed by atoms with Gasteiger partial charge in [0.15, 0.2) is 11.0 Å². The van der Waals surface area contributed by atoms with Gasteiger partial charge in [-0.05, 0) is 44.0 Å². The first-order valence-corrected chi connectivity index (χ1v) is 7.05. The minimum Gasteiger partial charge on any atom is -0.230 e. The molecular formula is C18H21N2+. The molecule has 0 aliphatic heterocycles. The van der Waals surface area contributed by atoms with Gasteiger partial charge in [-0.15, -0.1) is 0 Å². The number of hydrogen-bond acceptors (Lipinski definition) is 0. The summed E-state index contributed by atoms with van der Waals surface area (Å²) in [5.74, 6) is 1.25. The molecule has 1 heterocycles. The van der Waals surface area contributed by atoms with Crippen LogP contribution in [0.2, 0.25) is 0 Å². The van der Waals surface area contributed by atoms with Gasteiger partial charge in [-0.1, -0.05) is 29.8 Å². The minimum absolute atomic E-state index is 1.25. The summed E-state index contributed by atoms with van der Waals surface area (Å²) in [6, 6.07) is 13.1. The van der Waals surface area contributed by atoms with E-state index in [1.807, 2.05) is 0 Å². The Morgan fingerprint density at radius 1 is 0.900 bits per heavy atom. The summed E-state index contributed by atoms with van der Waals surface area (Å²) in [4.78, 5) is 0. The molecule has 0 bridgehead atoms. The number of aromatic nitrogens is 2. The van der Waals surface area contributed by atoms with Crippen LogP contribution in [0.3, 0.4) is 0 Å². The van der Waals surface area contributed by atoms with Gasteiger partial charge in [0.05, 0.1) is 7.05 Å². The molecule has 0 spiro atoms. The number of hydrogen-bond donors (Lipinski definition) is 0. The van der Waals surface area contributed by atoms with Gasteiger partial charge >= 0.3 is 0 Å². The SMILES string of the molecule is Cc1cc(C)c(-n2c(C)[n+](C)c3ccccc32)c(C)c1. The smallest absolute Gasteiger partial charge is 0.230 e. The maximum absolute atomic E-state index is 2.37. The van der Waals surface area contributed by atoms with E-state index >= 15 is 0 Å². The lowest BCUT2D eigenvalue weighted by molar-refractivity contribution is -0.652. The molecule has 0 amide bonds. The van der Waals surface area contributed by atoms with Crippen molar-refractivity contribution in [2.24, 2.45) is 7.05 Å². The first-order chi connectivity index (χ1) is 9.50. The van der Waals surface area contributed by atoms with Crippen molar-refractivity contribution in [2.45, 2.75) is 27.7 Å². The second kappa shape index (κ2) is 4.48. The van der Waals surface area contributed by atoms with Crippen LogP contribution in [0, 0.1) is 27.7 Å². The van der Waals surface area contributed by atoms with Gasteiger partial charge in [0, 0.05) is 6.92 Å². The van der Waals surface area contributed by atoms with Crippen molar-refractivity contribution in [1.29, 1.82) is 0 Å². The quantitative estimate of drug-likeness (QED) is 0.593. The van der Waals surface area contributed by atoms with Gasteiger partial charge in [0.1, 0.15) is 5.69 Å². The van der Waals surface area contributed by atoms with Gasteiger partial charge in [-0.2, -0.15) is 4.57 Å². The highest BCUT2D eigenvalue weighted by molar-refractivity contribution is 5.75. The van der Waals surface area contributed by atoms with Crippen LogP contribution in [0.5, 0.6) is 0 Å². The van der Waals surface area contributed by atoms with Gasteiger partial charge in [0.2, 0.25) is 0 Å². The van der Waals surface area contributed by atoms with E-state index in [4.69, 9.17) is 0 Å². The molecular weight excluding hydrogens is 244 g/mol. The number of fused-ring (bicyclic) bond motifs is 1. The van der Waals surface area contributed by atoms with Crippen LogP contribution in [0.1, 0.15) is 22.5 Å². The molecule has 102 valence electrons. The summed E-state index contributed by atoms with van der Waals surface area (Å²) in [7, 11) is 2.13. The lowest BCUT2D eigenvalue weighted by Crippen LogP contribution is -2.30. The molecule has 3 aromatic rings. The average molecular weight is 265 g/mol. The van der Waals surface area contributed by atoms with Crippen molar-refractivity contribution in [2.75, 3.05) is 0 Å². The maximum atomic E-state index is 2.37. The fourth-order valence-electron chi connectivity index (χ4n) is 3.24. The Hall–Kier alpha value is -2.09. The van der Waals surface area contributed by atoms with E-state index in [-0.39, 0.29) is 0 Å². The number of aryl methyl sites for hydroxylation is 4. The van der Waals surface area contributed by atoms with E-state index in [1.54, 1.807) is 0 Å². The molecule has 0 N–H and O–H groups in total. The second-order valence-electron chi connectivity index (χ2n) is 5.68. The topological polar surface area (TPSA) is 8.81 Å². The predicted octanol–water partition coefficient (Wildman–Crippen LogP) is 3.69. The van der Waals surface area contributed by atoms with Gasteiger partial charge < -0.3 is 0 Å². The maximum Gasteiger partial charge on any atom is 0.259 e. The Balaban J connectivity index is 2.45. The first-order valence-electron chi connectivity index (χ1n) is 7.05. The molecule has 0 radical (unpaired) electrons. The molecule has 0 aliphatic rings. The highest BCUT2D eigenvalue weighted by Crippen LogP contribution is 2.26. The van der Waals surface area contributed by atoms with E-state index in [9.17, 15) is 0 Å². The predicted molar refractivity (Wildman–Crippen MR) is 83.4 cm³/mol. The van der Waals surface area contributed by atoms with Crippen molar-refractivity contribution >= 4 is 11.0 Å². The van der Waals surface area contributed by atoms with Crippen molar-refractivity contribution in [1.82, 2.24) is 4.57 Å². The average Bonchev–Trinajstić information content (AvgIpc) is 2.64. The lowest BCUT2D eigenvalue weighted by atomic mass is 10.0. The molecule has 0 saturated heterocycles. The van der Waals surface area contributed by atoms with Crippen LogP contribution in [-0.2, 0) is 7.05 Å². The lowest BCUT2D eigenvalue weighted by Gasteiger charge is -2.09. The molecule has 0 saturated carbocycles. The van der Waals surface area contributed by atoms with E-state index in [2.05, 4.69) is 80.3 Å². The Bertz CT molecular complexity index is 787. The van der Waals surface area contributed by atoms with E-state index in [1.165, 1.54) is 39.2 Å². The van der Waals surface area contributed by atoms with Crippen molar-refractivity contribution < 1.29 is 4.57 Å². The summed E-state index contributed by atoms with van der Waals surface area (Å²) in [6.07, 6.45) is 0. The molecule has 0 fully saturated rings. The standard InChI is InChI=1S/C18H21N2/c1-12-10-13(2)18(14(3)11-12)20-15(4)19(5)16-8-6-7-9-17(16)20/h6-11H,1-5H3/q+1. The zero-order valence-electron chi connectivity index (χ0n) is 12.9. The Labute approximate surface area is 120 Å². The second-order valence-corrected chi connectivity index (χ2v) is 5.68. The van der Waals surface area contributed by atoms with Gasteiger partial charge in [0.25, 0.3) is 5.82 Å². The van der Waals surface area contributed by atoms with Crippen molar-refractivity contribution in [3.63, 3.8) is 0 Å². The zero-order valence-corrected chi connectivity index (χ0v) is 12.9. The highest BCUT2D eigenvalue weighted by atomic mass is 15.2. The van der Waals surface area contributed by atoms with E-state index < -0.39 is 0 Å². The Morgan fingerprint density at radius 3 is 2.15 bits per heavy atom. The van der Waals surface area contributed by atoms with Crippen LogP contribution in [-0.4, -0.2) is 4.57 Å². The van der Waals surface area contributed by atoms with Crippen LogP contribution in [0.4, 0.5) is 0 Å². The number of nitrogens with zero attached hydrogens (tertiary/aromatic N) is 2. The molecule has 20 heavy (non-hydrogen) atoms. The molecule has 0 aliphatic carbocycles. The number of benzene rings is 2. The fourth-order valence-corrected chi connectivity index (χ4v) is 3.24. The largest absolute Gasteiger partial charge is 0.259 e. The number of para-hydroxylation sites is 2. The molecule has 2 heteroatoms. The Kier molecular flexibility index (Phi) is 2.89.